The Labute approximate surface area is 177 Å². The number of benzene rings is 1. The Morgan fingerprint density at radius 2 is 2.08 bits per heavy atom. The number of rotatable bonds is 6. The molecule has 0 fully saturated rings. The quantitative estimate of drug-likeness (QED) is 0.320. The Morgan fingerprint density at radius 1 is 1.32 bits per heavy atom. The number of halogens is 3. The first-order valence-corrected chi connectivity index (χ1v) is 9.49. The minimum atomic E-state index is -0.183. The average Bonchev–Trinajstić information content (AvgIpc) is 2.86. The fraction of sp³-hybridized carbons (Fsp3) is 0.412. The summed E-state index contributed by atoms with van der Waals surface area (Å²) < 4.78 is 14.6. The van der Waals surface area contributed by atoms with E-state index < -0.39 is 0 Å². The van der Waals surface area contributed by atoms with Crippen LogP contribution in [0.25, 0.3) is 0 Å². The molecule has 0 saturated heterocycles. The lowest BCUT2D eigenvalue weighted by Gasteiger charge is -2.11. The van der Waals surface area contributed by atoms with Crippen molar-refractivity contribution in [1.29, 1.82) is 0 Å². The standard InChI is InChI=1S/C17H22BrFN4S.HI/c1-4-20-17(22-10-16-11(2)23-12(3)24-16)21-8-7-13-9-14(18)5-6-15(13)19;/h5-6,9H,4,7-8,10H2,1-3H3,(H2,20,21,22);1H. The molecule has 1 aromatic heterocycles. The van der Waals surface area contributed by atoms with E-state index in [4.69, 9.17) is 0 Å². The number of thiazole rings is 1. The van der Waals surface area contributed by atoms with E-state index in [2.05, 4.69) is 36.5 Å². The van der Waals surface area contributed by atoms with Crippen LogP contribution in [0, 0.1) is 19.7 Å². The SMILES string of the molecule is CCNC(=NCc1sc(C)nc1C)NCCc1cc(Br)ccc1F.I. The number of aromatic nitrogens is 1. The molecule has 0 spiro atoms. The van der Waals surface area contributed by atoms with Crippen molar-refractivity contribution in [2.45, 2.75) is 33.7 Å². The summed E-state index contributed by atoms with van der Waals surface area (Å²) in [6, 6.07) is 5.00. The van der Waals surface area contributed by atoms with Crippen molar-refractivity contribution < 1.29 is 4.39 Å². The van der Waals surface area contributed by atoms with E-state index in [1.165, 1.54) is 10.9 Å². The summed E-state index contributed by atoms with van der Waals surface area (Å²) in [5, 5.41) is 7.52. The van der Waals surface area contributed by atoms with Crippen LogP contribution in [0.3, 0.4) is 0 Å². The first-order valence-electron chi connectivity index (χ1n) is 7.88. The molecule has 0 aliphatic heterocycles. The fourth-order valence-electron chi connectivity index (χ4n) is 2.26. The van der Waals surface area contributed by atoms with Crippen LogP contribution in [0.4, 0.5) is 4.39 Å². The van der Waals surface area contributed by atoms with Gasteiger partial charge in [-0.2, -0.15) is 0 Å². The zero-order chi connectivity index (χ0) is 17.5. The number of guanidine groups is 1. The molecule has 2 aromatic rings. The van der Waals surface area contributed by atoms with E-state index in [-0.39, 0.29) is 29.8 Å². The summed E-state index contributed by atoms with van der Waals surface area (Å²) in [6.45, 7) is 8.01. The molecule has 0 aliphatic carbocycles. The molecule has 2 rings (SSSR count). The lowest BCUT2D eigenvalue weighted by molar-refractivity contribution is 0.606. The van der Waals surface area contributed by atoms with Crippen LogP contribution in [0.5, 0.6) is 0 Å². The van der Waals surface area contributed by atoms with Gasteiger partial charge in [-0.25, -0.2) is 14.4 Å². The van der Waals surface area contributed by atoms with Gasteiger partial charge in [-0.1, -0.05) is 15.9 Å². The number of nitrogens with zero attached hydrogens (tertiary/aromatic N) is 2. The molecule has 1 aromatic carbocycles. The van der Waals surface area contributed by atoms with Gasteiger partial charge < -0.3 is 10.6 Å². The molecule has 4 nitrogen and oxygen atoms in total. The minimum absolute atomic E-state index is 0. The van der Waals surface area contributed by atoms with Gasteiger partial charge >= 0.3 is 0 Å². The van der Waals surface area contributed by atoms with Crippen LogP contribution in [-0.2, 0) is 13.0 Å². The lowest BCUT2D eigenvalue weighted by atomic mass is 10.1. The van der Waals surface area contributed by atoms with Crippen molar-refractivity contribution in [3.63, 3.8) is 0 Å². The van der Waals surface area contributed by atoms with E-state index in [0.717, 1.165) is 27.7 Å². The van der Waals surface area contributed by atoms with Gasteiger partial charge in [-0.15, -0.1) is 35.3 Å². The van der Waals surface area contributed by atoms with Crippen molar-refractivity contribution in [3.8, 4) is 0 Å². The van der Waals surface area contributed by atoms with Gasteiger partial charge in [0.25, 0.3) is 0 Å². The predicted molar refractivity (Wildman–Crippen MR) is 118 cm³/mol. The van der Waals surface area contributed by atoms with Gasteiger partial charge in [0.1, 0.15) is 5.82 Å². The second-order valence-electron chi connectivity index (χ2n) is 5.35. The molecule has 0 aliphatic rings. The number of nitrogens with one attached hydrogen (secondary N) is 2. The summed E-state index contributed by atoms with van der Waals surface area (Å²) in [7, 11) is 0. The second kappa shape index (κ2) is 11.1. The Hall–Kier alpha value is -0.740. The molecule has 0 amide bonds. The maximum absolute atomic E-state index is 13.8. The third-order valence-electron chi connectivity index (χ3n) is 3.42. The third kappa shape index (κ3) is 7.18. The number of hydrogen-bond donors (Lipinski definition) is 2. The molecule has 138 valence electrons. The summed E-state index contributed by atoms with van der Waals surface area (Å²) in [5.74, 6) is 0.552. The molecule has 0 atom stereocenters. The van der Waals surface area contributed by atoms with Crippen LogP contribution in [0.2, 0.25) is 0 Å². The lowest BCUT2D eigenvalue weighted by Crippen LogP contribution is -2.38. The van der Waals surface area contributed by atoms with Gasteiger partial charge in [0.15, 0.2) is 5.96 Å². The van der Waals surface area contributed by atoms with Gasteiger partial charge in [0.2, 0.25) is 0 Å². The van der Waals surface area contributed by atoms with Crippen molar-refractivity contribution in [3.05, 3.63) is 49.6 Å². The van der Waals surface area contributed by atoms with Crippen molar-refractivity contribution >= 4 is 57.2 Å². The first-order chi connectivity index (χ1) is 11.5. The Balaban J connectivity index is 0.00000312. The highest BCUT2D eigenvalue weighted by Gasteiger charge is 2.06. The maximum Gasteiger partial charge on any atom is 0.191 e. The van der Waals surface area contributed by atoms with E-state index in [1.54, 1.807) is 17.4 Å². The molecule has 0 bridgehead atoms. The van der Waals surface area contributed by atoms with Crippen molar-refractivity contribution in [1.82, 2.24) is 15.6 Å². The number of aryl methyl sites for hydroxylation is 2. The molecule has 0 saturated carbocycles. The van der Waals surface area contributed by atoms with Crippen molar-refractivity contribution in [2.24, 2.45) is 4.99 Å². The van der Waals surface area contributed by atoms with Gasteiger partial charge in [0.05, 0.1) is 17.2 Å². The molecule has 25 heavy (non-hydrogen) atoms. The zero-order valence-electron chi connectivity index (χ0n) is 14.5. The highest BCUT2D eigenvalue weighted by atomic mass is 127. The summed E-state index contributed by atoms with van der Waals surface area (Å²) in [6.07, 6.45) is 0.592. The Kier molecular flexibility index (Phi) is 9.88. The van der Waals surface area contributed by atoms with Crippen LogP contribution in [0.1, 0.15) is 28.1 Å². The third-order valence-corrected chi connectivity index (χ3v) is 4.97. The van der Waals surface area contributed by atoms with E-state index in [1.807, 2.05) is 26.8 Å². The topological polar surface area (TPSA) is 49.3 Å². The largest absolute Gasteiger partial charge is 0.357 e. The molecular weight excluding hydrogens is 518 g/mol. The summed E-state index contributed by atoms with van der Waals surface area (Å²) in [4.78, 5) is 10.2. The van der Waals surface area contributed by atoms with E-state index in [9.17, 15) is 4.39 Å². The highest BCUT2D eigenvalue weighted by molar-refractivity contribution is 14.0. The normalized spacial score (nSPS) is 11.2. The molecule has 0 unspecified atom stereocenters. The van der Waals surface area contributed by atoms with Gasteiger partial charge in [0, 0.05) is 22.4 Å². The van der Waals surface area contributed by atoms with E-state index >= 15 is 0 Å². The van der Waals surface area contributed by atoms with Crippen LogP contribution in [-0.4, -0.2) is 24.0 Å². The Morgan fingerprint density at radius 3 is 2.72 bits per heavy atom. The van der Waals surface area contributed by atoms with Crippen molar-refractivity contribution in [2.75, 3.05) is 13.1 Å². The van der Waals surface area contributed by atoms with Gasteiger partial charge in [-0.3, -0.25) is 0 Å². The molecular formula is C17H23BrFIN4S. The monoisotopic (exact) mass is 540 g/mol. The highest BCUT2D eigenvalue weighted by Crippen LogP contribution is 2.18. The summed E-state index contributed by atoms with van der Waals surface area (Å²) >= 11 is 5.04. The van der Waals surface area contributed by atoms with Gasteiger partial charge in [-0.05, 0) is 51.0 Å². The zero-order valence-corrected chi connectivity index (χ0v) is 19.3. The molecule has 2 N–H and O–H groups in total. The molecule has 8 heteroatoms. The average molecular weight is 541 g/mol. The smallest absolute Gasteiger partial charge is 0.191 e. The van der Waals surface area contributed by atoms with E-state index in [0.29, 0.717) is 25.1 Å². The van der Waals surface area contributed by atoms with Crippen LogP contribution >= 0.6 is 51.2 Å². The molecule has 0 radical (unpaired) electrons. The summed E-state index contributed by atoms with van der Waals surface area (Å²) in [5.41, 5.74) is 1.72. The predicted octanol–water partition coefficient (Wildman–Crippen LogP) is 4.58. The van der Waals surface area contributed by atoms with Crippen LogP contribution in [0.15, 0.2) is 27.7 Å². The maximum atomic E-state index is 13.8. The minimum Gasteiger partial charge on any atom is -0.357 e. The number of aliphatic imine (C=N–C) groups is 1. The number of hydrogen-bond acceptors (Lipinski definition) is 3. The van der Waals surface area contributed by atoms with Crippen LogP contribution < -0.4 is 10.6 Å². The second-order valence-corrected chi connectivity index (χ2v) is 7.55. The fourth-order valence-corrected chi connectivity index (χ4v) is 3.53. The molecule has 1 heterocycles. The first kappa shape index (κ1) is 22.3. The Bertz CT molecular complexity index is 721.